The zero-order valence-electron chi connectivity index (χ0n) is 19.7. The second-order valence-electron chi connectivity index (χ2n) is 8.42. The van der Waals surface area contributed by atoms with Crippen LogP contribution in [0.1, 0.15) is 0 Å². The summed E-state index contributed by atoms with van der Waals surface area (Å²) in [5, 5.41) is 5.53. The first-order valence-electron chi connectivity index (χ1n) is 11.7. The zero-order valence-corrected chi connectivity index (χ0v) is 21.5. The Hall–Kier alpha value is -3.72. The summed E-state index contributed by atoms with van der Waals surface area (Å²) >= 11 is 0. The quantitative estimate of drug-likeness (QED) is 0.232. The molecule has 3 nitrogen and oxygen atoms in total. The standard InChI is InChI=1S/C31H24NO2PS/c1-34-28-20-19-23-11-8-9-17-27(23)31(28)36(33)29-18-10-12-24-21-22-32(30(24)29)35(25-13-4-2-5-14-25)26-15-6-3-7-16-26/h2-22H,1H3. The van der Waals surface area contributed by atoms with Crippen molar-refractivity contribution in [3.8, 4) is 5.75 Å². The van der Waals surface area contributed by atoms with Crippen LogP contribution in [0.4, 0.5) is 0 Å². The molecule has 0 amide bonds. The summed E-state index contributed by atoms with van der Waals surface area (Å²) in [4.78, 5) is 1.49. The fraction of sp³-hybridized carbons (Fsp3) is 0.0323. The van der Waals surface area contributed by atoms with Crippen LogP contribution in [0.3, 0.4) is 0 Å². The number of fused-ring (bicyclic) bond motifs is 2. The lowest BCUT2D eigenvalue weighted by Gasteiger charge is -2.22. The number of para-hydroxylation sites is 1. The van der Waals surface area contributed by atoms with E-state index in [1.165, 1.54) is 10.6 Å². The largest absolute Gasteiger partial charge is 0.495 e. The number of hydrogen-bond acceptors (Lipinski definition) is 2. The Morgan fingerprint density at radius 1 is 0.667 bits per heavy atom. The van der Waals surface area contributed by atoms with Gasteiger partial charge in [0.15, 0.2) is 0 Å². The summed E-state index contributed by atoms with van der Waals surface area (Å²) in [7, 11) is -0.737. The summed E-state index contributed by atoms with van der Waals surface area (Å²) in [6, 6.07) is 41.3. The van der Waals surface area contributed by atoms with Crippen LogP contribution in [-0.2, 0) is 10.8 Å². The topological polar surface area (TPSA) is 31.2 Å². The summed E-state index contributed by atoms with van der Waals surface area (Å²) in [5.74, 6) is 0.635. The molecule has 0 radical (unpaired) electrons. The molecule has 0 bridgehead atoms. The predicted molar refractivity (Wildman–Crippen MR) is 152 cm³/mol. The second kappa shape index (κ2) is 9.73. The number of methoxy groups -OCH3 is 1. The van der Waals surface area contributed by atoms with Gasteiger partial charge in [0.1, 0.15) is 5.75 Å². The lowest BCUT2D eigenvalue weighted by Crippen LogP contribution is -2.16. The number of ether oxygens (including phenoxy) is 1. The van der Waals surface area contributed by atoms with Crippen LogP contribution in [0.2, 0.25) is 0 Å². The van der Waals surface area contributed by atoms with E-state index >= 15 is 0 Å². The molecule has 1 heterocycles. The van der Waals surface area contributed by atoms with Gasteiger partial charge in [0.2, 0.25) is 0 Å². The van der Waals surface area contributed by atoms with Crippen LogP contribution in [0, 0.1) is 0 Å². The van der Waals surface area contributed by atoms with Crippen LogP contribution in [0.5, 0.6) is 5.75 Å². The van der Waals surface area contributed by atoms with E-state index in [2.05, 4.69) is 71.2 Å². The fourth-order valence-electron chi connectivity index (χ4n) is 4.68. The molecule has 0 aliphatic carbocycles. The first-order valence-corrected chi connectivity index (χ1v) is 14.2. The Bertz CT molecular complexity index is 1660. The number of hydrogen-bond donors (Lipinski definition) is 0. The van der Waals surface area contributed by atoms with Gasteiger partial charge in [-0.3, -0.25) is 0 Å². The van der Waals surface area contributed by atoms with E-state index < -0.39 is 18.9 Å². The van der Waals surface area contributed by atoms with Crippen LogP contribution in [0.15, 0.2) is 137 Å². The van der Waals surface area contributed by atoms with Gasteiger partial charge in [-0.05, 0) is 23.6 Å². The third kappa shape index (κ3) is 3.93. The third-order valence-corrected chi connectivity index (χ3v) is 10.2. The van der Waals surface area contributed by atoms with Gasteiger partial charge in [0, 0.05) is 27.6 Å². The highest BCUT2D eigenvalue weighted by molar-refractivity contribution is 7.85. The van der Waals surface area contributed by atoms with E-state index in [4.69, 9.17) is 4.74 Å². The van der Waals surface area contributed by atoms with Crippen molar-refractivity contribution in [3.63, 3.8) is 0 Å². The van der Waals surface area contributed by atoms with Gasteiger partial charge in [-0.1, -0.05) is 103 Å². The summed E-state index contributed by atoms with van der Waals surface area (Å²) in [5.41, 5.74) is 0.990. The van der Waals surface area contributed by atoms with Crippen molar-refractivity contribution in [1.82, 2.24) is 4.34 Å². The van der Waals surface area contributed by atoms with Crippen molar-refractivity contribution < 1.29 is 8.95 Å². The van der Waals surface area contributed by atoms with Crippen molar-refractivity contribution in [2.45, 2.75) is 9.79 Å². The lowest BCUT2D eigenvalue weighted by molar-refractivity contribution is 0.405. The Balaban J connectivity index is 1.61. The number of rotatable bonds is 6. The maximum atomic E-state index is 14.4. The minimum Gasteiger partial charge on any atom is -0.495 e. The van der Waals surface area contributed by atoms with Crippen molar-refractivity contribution >= 4 is 51.2 Å². The van der Waals surface area contributed by atoms with Gasteiger partial charge in [-0.15, -0.1) is 0 Å². The highest BCUT2D eigenvalue weighted by atomic mass is 32.2. The molecule has 1 unspecified atom stereocenters. The predicted octanol–water partition coefficient (Wildman–Crippen LogP) is 6.87. The number of aromatic nitrogens is 1. The molecule has 0 spiro atoms. The molecule has 0 saturated carbocycles. The molecule has 0 aliphatic heterocycles. The van der Waals surface area contributed by atoms with Crippen LogP contribution < -0.4 is 15.3 Å². The Morgan fingerprint density at radius 2 is 1.31 bits per heavy atom. The molecular formula is C31H24NO2PS. The van der Waals surface area contributed by atoms with E-state index in [9.17, 15) is 4.21 Å². The van der Waals surface area contributed by atoms with Crippen molar-refractivity contribution in [2.75, 3.05) is 7.11 Å². The Kier molecular flexibility index (Phi) is 6.14. The van der Waals surface area contributed by atoms with Crippen molar-refractivity contribution in [2.24, 2.45) is 0 Å². The molecule has 6 aromatic rings. The second-order valence-corrected chi connectivity index (χ2v) is 11.9. The smallest absolute Gasteiger partial charge is 0.136 e. The van der Waals surface area contributed by atoms with Crippen LogP contribution in [0.25, 0.3) is 21.7 Å². The highest BCUT2D eigenvalue weighted by Crippen LogP contribution is 2.42. The van der Waals surface area contributed by atoms with Gasteiger partial charge in [0.25, 0.3) is 0 Å². The first-order chi connectivity index (χ1) is 17.8. The maximum absolute atomic E-state index is 14.4. The van der Waals surface area contributed by atoms with Crippen LogP contribution >= 0.6 is 8.07 Å². The molecule has 5 heteroatoms. The monoisotopic (exact) mass is 505 g/mol. The third-order valence-electron chi connectivity index (χ3n) is 6.32. The van der Waals surface area contributed by atoms with Crippen LogP contribution in [-0.4, -0.2) is 15.7 Å². The van der Waals surface area contributed by atoms with E-state index in [1.54, 1.807) is 7.11 Å². The normalized spacial score (nSPS) is 12.3. The van der Waals surface area contributed by atoms with Crippen molar-refractivity contribution in [3.05, 3.63) is 128 Å². The number of benzene rings is 5. The fourth-order valence-corrected chi connectivity index (χ4v) is 8.61. The molecule has 6 rings (SSSR count). The minimum atomic E-state index is -1.46. The molecular weight excluding hydrogens is 481 g/mol. The molecule has 176 valence electrons. The molecule has 5 aromatic carbocycles. The molecule has 1 aromatic heterocycles. The van der Waals surface area contributed by atoms with E-state index in [1.807, 2.05) is 60.7 Å². The average Bonchev–Trinajstić information content (AvgIpc) is 3.37. The summed E-state index contributed by atoms with van der Waals surface area (Å²) in [6.45, 7) is 0. The van der Waals surface area contributed by atoms with Gasteiger partial charge in [0.05, 0.1) is 41.3 Å². The summed E-state index contributed by atoms with van der Waals surface area (Å²) in [6.07, 6.45) is 2.14. The molecule has 36 heavy (non-hydrogen) atoms. The van der Waals surface area contributed by atoms with E-state index in [0.29, 0.717) is 10.6 Å². The van der Waals surface area contributed by atoms with E-state index in [-0.39, 0.29) is 0 Å². The molecule has 0 fully saturated rings. The number of nitrogens with zero attached hydrogens (tertiary/aromatic N) is 1. The van der Waals surface area contributed by atoms with Gasteiger partial charge < -0.3 is 9.07 Å². The molecule has 0 aliphatic rings. The summed E-state index contributed by atoms with van der Waals surface area (Å²) < 4.78 is 22.5. The minimum absolute atomic E-state index is 0.635. The molecule has 0 saturated heterocycles. The maximum Gasteiger partial charge on any atom is 0.136 e. The average molecular weight is 506 g/mol. The first kappa shape index (κ1) is 22.7. The van der Waals surface area contributed by atoms with Gasteiger partial charge in [-0.2, -0.15) is 0 Å². The van der Waals surface area contributed by atoms with Gasteiger partial charge >= 0.3 is 0 Å². The molecule has 0 N–H and O–H groups in total. The van der Waals surface area contributed by atoms with Gasteiger partial charge in [-0.25, -0.2) is 4.21 Å². The lowest BCUT2D eigenvalue weighted by atomic mass is 10.1. The van der Waals surface area contributed by atoms with Crippen molar-refractivity contribution in [1.29, 1.82) is 0 Å². The SMILES string of the molecule is COc1ccc2ccccc2c1S(=O)c1cccc2ccn(P(c3ccccc3)c3ccccc3)c12. The Labute approximate surface area is 214 Å². The highest BCUT2D eigenvalue weighted by Gasteiger charge is 2.24. The van der Waals surface area contributed by atoms with E-state index in [0.717, 1.165) is 26.6 Å². The Morgan fingerprint density at radius 3 is 2.00 bits per heavy atom. The molecule has 1 atom stereocenters. The zero-order chi connectivity index (χ0) is 24.5.